The van der Waals surface area contributed by atoms with Gasteiger partial charge in [0.2, 0.25) is 0 Å². The molecule has 14 heavy (non-hydrogen) atoms. The van der Waals surface area contributed by atoms with Crippen LogP contribution in [-0.4, -0.2) is 25.0 Å². The predicted molar refractivity (Wildman–Crippen MR) is 62.1 cm³/mol. The fraction of sp³-hybridized carbons (Fsp3) is 0.846. The highest BCUT2D eigenvalue weighted by atomic mass is 15.1. The van der Waals surface area contributed by atoms with Crippen LogP contribution < -0.4 is 0 Å². The Bertz CT molecular complexity index is 195. The topological polar surface area (TPSA) is 3.24 Å². The summed E-state index contributed by atoms with van der Waals surface area (Å²) in [5, 5.41) is 0. The first-order valence-corrected chi connectivity index (χ1v) is 5.97. The Morgan fingerprint density at radius 1 is 1.21 bits per heavy atom. The quantitative estimate of drug-likeness (QED) is 0.463. The summed E-state index contributed by atoms with van der Waals surface area (Å²) in [4.78, 5) is 2.39. The minimum absolute atomic E-state index is 0.963. The van der Waals surface area contributed by atoms with Crippen LogP contribution in [0, 0.1) is 17.8 Å². The monoisotopic (exact) mass is 193 g/mol. The van der Waals surface area contributed by atoms with Gasteiger partial charge in [0.1, 0.15) is 0 Å². The lowest BCUT2D eigenvalue weighted by Gasteiger charge is -2.13. The minimum Gasteiger partial charge on any atom is -0.306 e. The van der Waals surface area contributed by atoms with Gasteiger partial charge >= 0.3 is 0 Å². The van der Waals surface area contributed by atoms with Crippen molar-refractivity contribution < 1.29 is 0 Å². The number of hydrogen-bond donors (Lipinski definition) is 0. The van der Waals surface area contributed by atoms with Crippen molar-refractivity contribution >= 4 is 0 Å². The Morgan fingerprint density at radius 3 is 2.64 bits per heavy atom. The number of unbranched alkanes of at least 4 members (excludes halogenated alkanes) is 1. The zero-order chi connectivity index (χ0) is 10.2. The lowest BCUT2D eigenvalue weighted by molar-refractivity contribution is 0.332. The Balaban J connectivity index is 1.88. The summed E-state index contributed by atoms with van der Waals surface area (Å²) in [5.74, 6) is 7.53. The predicted octanol–water partition coefficient (Wildman–Crippen LogP) is 2.91. The summed E-state index contributed by atoms with van der Waals surface area (Å²) >= 11 is 0. The van der Waals surface area contributed by atoms with E-state index in [1.165, 1.54) is 38.8 Å². The summed E-state index contributed by atoms with van der Waals surface area (Å²) < 4.78 is 0. The molecule has 0 unspecified atom stereocenters. The first-order valence-electron chi connectivity index (χ1n) is 5.97. The Morgan fingerprint density at radius 2 is 2.00 bits per heavy atom. The van der Waals surface area contributed by atoms with Gasteiger partial charge in [-0.15, -0.1) is 11.8 Å². The molecule has 0 heterocycles. The maximum absolute atomic E-state index is 3.28. The van der Waals surface area contributed by atoms with Crippen molar-refractivity contribution in [1.29, 1.82) is 0 Å². The van der Waals surface area contributed by atoms with Gasteiger partial charge < -0.3 is 4.90 Å². The van der Waals surface area contributed by atoms with Crippen LogP contribution in [-0.2, 0) is 0 Å². The van der Waals surface area contributed by atoms with Crippen LogP contribution in [0.5, 0.6) is 0 Å². The van der Waals surface area contributed by atoms with Crippen molar-refractivity contribution in [1.82, 2.24) is 4.90 Å². The molecule has 0 spiro atoms. The van der Waals surface area contributed by atoms with E-state index in [0.29, 0.717) is 0 Å². The zero-order valence-electron chi connectivity index (χ0n) is 9.68. The highest BCUT2D eigenvalue weighted by molar-refractivity contribution is 5.01. The second kappa shape index (κ2) is 6.90. The number of rotatable bonds is 6. The first-order chi connectivity index (χ1) is 6.83. The van der Waals surface area contributed by atoms with Gasteiger partial charge in [0.25, 0.3) is 0 Å². The summed E-state index contributed by atoms with van der Waals surface area (Å²) in [7, 11) is 2.20. The van der Waals surface area contributed by atoms with E-state index in [1.54, 1.807) is 0 Å². The molecule has 0 aromatic rings. The molecule has 0 amide bonds. The van der Waals surface area contributed by atoms with Gasteiger partial charge in [-0.05, 0) is 51.7 Å². The average molecular weight is 193 g/mol. The van der Waals surface area contributed by atoms with Gasteiger partial charge in [0, 0.05) is 12.8 Å². The van der Waals surface area contributed by atoms with Gasteiger partial charge in [0.05, 0.1) is 0 Å². The molecular weight excluding hydrogens is 170 g/mol. The largest absolute Gasteiger partial charge is 0.306 e. The van der Waals surface area contributed by atoms with Crippen LogP contribution in [0.25, 0.3) is 0 Å². The minimum atomic E-state index is 0.963. The third-order valence-corrected chi connectivity index (χ3v) is 2.66. The fourth-order valence-electron chi connectivity index (χ4n) is 1.56. The Hall–Kier alpha value is -0.480. The molecule has 1 fully saturated rings. The number of hydrogen-bond acceptors (Lipinski definition) is 1. The molecular formula is C13H23N. The SMILES string of the molecule is CCCN(C)CCCC#CCC1CC1. The molecule has 1 heteroatoms. The highest BCUT2D eigenvalue weighted by Crippen LogP contribution is 2.31. The van der Waals surface area contributed by atoms with Crippen molar-refractivity contribution in [3.63, 3.8) is 0 Å². The van der Waals surface area contributed by atoms with Crippen LogP contribution in [0.4, 0.5) is 0 Å². The molecule has 1 aliphatic carbocycles. The van der Waals surface area contributed by atoms with E-state index < -0.39 is 0 Å². The molecule has 1 rings (SSSR count). The standard InChI is InChI=1S/C13H23N/c1-3-11-14(2)12-7-5-4-6-8-13-9-10-13/h13H,3,5,7-12H2,1-2H3. The smallest absolute Gasteiger partial charge is 0.0117 e. The molecule has 1 aliphatic rings. The van der Waals surface area contributed by atoms with E-state index in [4.69, 9.17) is 0 Å². The summed E-state index contributed by atoms with van der Waals surface area (Å²) in [6.45, 7) is 4.65. The van der Waals surface area contributed by atoms with Crippen molar-refractivity contribution in [3.8, 4) is 11.8 Å². The van der Waals surface area contributed by atoms with Gasteiger partial charge in [0.15, 0.2) is 0 Å². The van der Waals surface area contributed by atoms with E-state index in [0.717, 1.165) is 18.8 Å². The molecule has 0 saturated heterocycles. The van der Waals surface area contributed by atoms with Gasteiger partial charge in [-0.3, -0.25) is 0 Å². The molecule has 1 saturated carbocycles. The van der Waals surface area contributed by atoms with Crippen molar-refractivity contribution in [2.75, 3.05) is 20.1 Å². The van der Waals surface area contributed by atoms with E-state index in [-0.39, 0.29) is 0 Å². The van der Waals surface area contributed by atoms with Crippen molar-refractivity contribution in [3.05, 3.63) is 0 Å². The van der Waals surface area contributed by atoms with Crippen LogP contribution in [0.15, 0.2) is 0 Å². The van der Waals surface area contributed by atoms with E-state index in [1.807, 2.05) is 0 Å². The van der Waals surface area contributed by atoms with Crippen LogP contribution in [0.2, 0.25) is 0 Å². The molecule has 0 bridgehead atoms. The normalized spacial score (nSPS) is 15.4. The maximum Gasteiger partial charge on any atom is 0.0117 e. The van der Waals surface area contributed by atoms with Crippen LogP contribution >= 0.6 is 0 Å². The molecule has 80 valence electrons. The fourth-order valence-corrected chi connectivity index (χ4v) is 1.56. The van der Waals surface area contributed by atoms with E-state index in [2.05, 4.69) is 30.7 Å². The molecule has 0 aromatic carbocycles. The van der Waals surface area contributed by atoms with Gasteiger partial charge in [-0.1, -0.05) is 6.92 Å². The first kappa shape index (κ1) is 11.6. The summed E-state index contributed by atoms with van der Waals surface area (Å²) in [5.41, 5.74) is 0. The lowest BCUT2D eigenvalue weighted by atomic mass is 10.2. The summed E-state index contributed by atoms with van der Waals surface area (Å²) in [6, 6.07) is 0. The van der Waals surface area contributed by atoms with Crippen LogP contribution in [0.1, 0.15) is 45.4 Å². The number of nitrogens with zero attached hydrogens (tertiary/aromatic N) is 1. The maximum atomic E-state index is 3.28. The van der Waals surface area contributed by atoms with Gasteiger partial charge in [-0.25, -0.2) is 0 Å². The Labute approximate surface area is 88.9 Å². The molecule has 0 aromatic heterocycles. The second-order valence-corrected chi connectivity index (χ2v) is 4.41. The third kappa shape index (κ3) is 6.05. The molecule has 0 aliphatic heterocycles. The molecule has 0 radical (unpaired) electrons. The summed E-state index contributed by atoms with van der Waals surface area (Å²) in [6.07, 6.45) is 7.57. The Kier molecular flexibility index (Phi) is 5.71. The molecule has 1 nitrogen and oxygen atoms in total. The zero-order valence-corrected chi connectivity index (χ0v) is 9.68. The van der Waals surface area contributed by atoms with E-state index >= 15 is 0 Å². The second-order valence-electron chi connectivity index (χ2n) is 4.41. The average Bonchev–Trinajstić information content (AvgIpc) is 2.95. The van der Waals surface area contributed by atoms with E-state index in [9.17, 15) is 0 Å². The molecule has 0 atom stereocenters. The molecule has 0 N–H and O–H groups in total. The third-order valence-electron chi connectivity index (χ3n) is 2.66. The van der Waals surface area contributed by atoms with Crippen molar-refractivity contribution in [2.45, 2.75) is 45.4 Å². The highest BCUT2D eigenvalue weighted by Gasteiger charge is 2.19. The lowest BCUT2D eigenvalue weighted by Crippen LogP contribution is -2.20. The van der Waals surface area contributed by atoms with Crippen LogP contribution in [0.3, 0.4) is 0 Å². The van der Waals surface area contributed by atoms with Crippen molar-refractivity contribution in [2.24, 2.45) is 5.92 Å². The van der Waals surface area contributed by atoms with Gasteiger partial charge in [-0.2, -0.15) is 0 Å².